The molecular weight excluding hydrogens is 368 g/mol. The third-order valence-electron chi connectivity index (χ3n) is 5.69. The lowest BCUT2D eigenvalue weighted by Crippen LogP contribution is -2.56. The van der Waals surface area contributed by atoms with Crippen LogP contribution >= 0.6 is 0 Å². The molecule has 0 aromatic heterocycles. The number of piperidine rings is 1. The molecule has 2 bridgehead atoms. The van der Waals surface area contributed by atoms with Gasteiger partial charge in [-0.1, -0.05) is 72.5 Å². The van der Waals surface area contributed by atoms with Crippen LogP contribution in [-0.2, 0) is 27.6 Å². The fourth-order valence-corrected chi connectivity index (χ4v) is 4.15. The Bertz CT molecular complexity index is 982. The SMILES string of the molecule is O=C(OCc1ccccc1)C1C2C#CC2C2CN1C(=O)N2OCc1ccccc1. The lowest BCUT2D eigenvalue weighted by Gasteiger charge is -2.40. The van der Waals surface area contributed by atoms with E-state index in [9.17, 15) is 9.59 Å². The molecule has 2 fully saturated rings. The van der Waals surface area contributed by atoms with Gasteiger partial charge in [0.1, 0.15) is 19.3 Å². The molecule has 2 saturated heterocycles. The van der Waals surface area contributed by atoms with Crippen molar-refractivity contribution in [1.82, 2.24) is 9.96 Å². The first kappa shape index (κ1) is 17.8. The Balaban J connectivity index is 1.29. The summed E-state index contributed by atoms with van der Waals surface area (Å²) in [5.74, 6) is 5.51. The van der Waals surface area contributed by atoms with Crippen LogP contribution in [0.15, 0.2) is 60.7 Å². The van der Waals surface area contributed by atoms with E-state index >= 15 is 0 Å². The summed E-state index contributed by atoms with van der Waals surface area (Å²) in [4.78, 5) is 33.2. The van der Waals surface area contributed by atoms with Gasteiger partial charge in [-0.2, -0.15) is 5.06 Å². The van der Waals surface area contributed by atoms with Gasteiger partial charge in [0.25, 0.3) is 0 Å². The van der Waals surface area contributed by atoms with Gasteiger partial charge in [-0.25, -0.2) is 9.59 Å². The van der Waals surface area contributed by atoms with Crippen molar-refractivity contribution in [3.63, 3.8) is 0 Å². The maximum absolute atomic E-state index is 13.0. The number of hydrogen-bond donors (Lipinski definition) is 0. The summed E-state index contributed by atoms with van der Waals surface area (Å²) >= 11 is 0. The van der Waals surface area contributed by atoms with E-state index in [1.165, 1.54) is 5.06 Å². The monoisotopic (exact) mass is 388 g/mol. The van der Waals surface area contributed by atoms with Crippen molar-refractivity contribution in [2.45, 2.75) is 25.3 Å². The summed E-state index contributed by atoms with van der Waals surface area (Å²) in [5.41, 5.74) is 1.89. The Morgan fingerprint density at radius 2 is 1.55 bits per heavy atom. The molecule has 0 spiro atoms. The smallest absolute Gasteiger partial charge is 0.345 e. The standard InChI is InChI=1S/C23H20N2O4/c26-22(28-14-16-7-3-1-4-8-16)21-19-12-11-18(19)20-13-24(21)23(27)25(20)29-15-17-9-5-2-6-10-17/h1-10,18-21H,13-15H2. The van der Waals surface area contributed by atoms with Gasteiger partial charge in [-0.05, 0) is 11.1 Å². The van der Waals surface area contributed by atoms with Gasteiger partial charge in [0.05, 0.1) is 17.9 Å². The first-order valence-electron chi connectivity index (χ1n) is 9.70. The zero-order chi connectivity index (χ0) is 19.8. The van der Waals surface area contributed by atoms with E-state index < -0.39 is 12.0 Å². The molecule has 0 N–H and O–H groups in total. The third-order valence-corrected chi connectivity index (χ3v) is 5.69. The number of carbonyl (C=O) groups excluding carboxylic acids is 2. The maximum atomic E-state index is 13.0. The van der Waals surface area contributed by atoms with Gasteiger partial charge in [0, 0.05) is 6.54 Å². The summed E-state index contributed by atoms with van der Waals surface area (Å²) in [6.07, 6.45) is 0. The fraction of sp³-hybridized carbons (Fsp3) is 0.304. The van der Waals surface area contributed by atoms with Crippen LogP contribution in [0.1, 0.15) is 11.1 Å². The highest BCUT2D eigenvalue weighted by atomic mass is 16.7. The van der Waals surface area contributed by atoms with Crippen LogP contribution in [0, 0.1) is 23.7 Å². The van der Waals surface area contributed by atoms with E-state index in [-0.39, 0.29) is 30.5 Å². The average Bonchev–Trinajstić information content (AvgIpc) is 3.01. The van der Waals surface area contributed by atoms with Crippen LogP contribution < -0.4 is 0 Å². The highest BCUT2D eigenvalue weighted by molar-refractivity contribution is 5.87. The van der Waals surface area contributed by atoms with Crippen LogP contribution in [0.4, 0.5) is 4.79 Å². The topological polar surface area (TPSA) is 59.1 Å². The van der Waals surface area contributed by atoms with E-state index in [0.29, 0.717) is 13.2 Å². The van der Waals surface area contributed by atoms with Gasteiger partial charge in [-0.15, -0.1) is 0 Å². The molecule has 2 amide bonds. The summed E-state index contributed by atoms with van der Waals surface area (Å²) in [7, 11) is 0. The normalized spacial score (nSPS) is 26.3. The lowest BCUT2D eigenvalue weighted by molar-refractivity contribution is -0.155. The van der Waals surface area contributed by atoms with Crippen LogP contribution in [0.5, 0.6) is 0 Å². The van der Waals surface area contributed by atoms with E-state index in [0.717, 1.165) is 11.1 Å². The van der Waals surface area contributed by atoms with Crippen molar-refractivity contribution < 1.29 is 19.2 Å². The second kappa shape index (κ2) is 7.26. The molecule has 6 nitrogen and oxygen atoms in total. The molecule has 29 heavy (non-hydrogen) atoms. The summed E-state index contributed by atoms with van der Waals surface area (Å²) in [6.45, 7) is 0.903. The van der Waals surface area contributed by atoms with Crippen molar-refractivity contribution in [2.75, 3.05) is 6.54 Å². The maximum Gasteiger partial charge on any atom is 0.345 e. The Hall–Kier alpha value is -3.30. The van der Waals surface area contributed by atoms with Gasteiger partial charge >= 0.3 is 12.0 Å². The second-order valence-electron chi connectivity index (χ2n) is 7.47. The number of hydroxylamine groups is 2. The minimum atomic E-state index is -0.681. The predicted octanol–water partition coefficient (Wildman–Crippen LogP) is 2.60. The molecule has 2 aliphatic heterocycles. The third kappa shape index (κ3) is 3.14. The first-order valence-corrected chi connectivity index (χ1v) is 9.70. The largest absolute Gasteiger partial charge is 0.459 e. The number of hydrogen-bond acceptors (Lipinski definition) is 4. The minimum Gasteiger partial charge on any atom is -0.459 e. The van der Waals surface area contributed by atoms with E-state index in [2.05, 4.69) is 11.8 Å². The van der Waals surface area contributed by atoms with Crippen molar-refractivity contribution in [3.8, 4) is 11.8 Å². The Morgan fingerprint density at radius 1 is 0.931 bits per heavy atom. The summed E-state index contributed by atoms with van der Waals surface area (Å²) in [5, 5.41) is 1.41. The summed E-state index contributed by atoms with van der Waals surface area (Å²) in [6, 6.07) is 18.0. The zero-order valence-electron chi connectivity index (χ0n) is 15.7. The van der Waals surface area contributed by atoms with Gasteiger partial charge in [0.15, 0.2) is 0 Å². The number of ether oxygens (including phenoxy) is 1. The molecule has 4 atom stereocenters. The van der Waals surface area contributed by atoms with Crippen molar-refractivity contribution >= 4 is 12.0 Å². The Labute approximate surface area is 169 Å². The molecule has 3 aliphatic rings. The molecule has 5 rings (SSSR count). The van der Waals surface area contributed by atoms with E-state index in [4.69, 9.17) is 9.57 Å². The quantitative estimate of drug-likeness (QED) is 0.564. The van der Waals surface area contributed by atoms with Crippen molar-refractivity contribution in [1.29, 1.82) is 0 Å². The van der Waals surface area contributed by atoms with Crippen LogP contribution in [-0.4, -0.2) is 40.6 Å². The molecular formula is C23H20N2O4. The summed E-state index contributed by atoms with van der Waals surface area (Å²) < 4.78 is 5.52. The fourth-order valence-electron chi connectivity index (χ4n) is 4.15. The first-order chi connectivity index (χ1) is 14.2. The second-order valence-corrected chi connectivity index (χ2v) is 7.47. The van der Waals surface area contributed by atoms with Crippen molar-refractivity contribution in [3.05, 3.63) is 71.8 Å². The average molecular weight is 388 g/mol. The number of carbonyl (C=O) groups is 2. The van der Waals surface area contributed by atoms with Gasteiger partial charge in [0.2, 0.25) is 0 Å². The molecule has 0 saturated carbocycles. The van der Waals surface area contributed by atoms with Crippen molar-refractivity contribution in [2.24, 2.45) is 11.8 Å². The van der Waals surface area contributed by atoms with Crippen LogP contribution in [0.2, 0.25) is 0 Å². The number of benzene rings is 2. The van der Waals surface area contributed by atoms with Gasteiger partial charge < -0.3 is 9.64 Å². The molecule has 2 aromatic rings. The molecule has 4 unspecified atom stereocenters. The molecule has 6 heteroatoms. The molecule has 2 aromatic carbocycles. The van der Waals surface area contributed by atoms with Crippen LogP contribution in [0.3, 0.4) is 0 Å². The van der Waals surface area contributed by atoms with Gasteiger partial charge in [-0.3, -0.25) is 4.84 Å². The molecule has 1 aliphatic carbocycles. The number of urea groups is 1. The number of esters is 1. The predicted molar refractivity (Wildman–Crippen MR) is 104 cm³/mol. The number of fused-ring (bicyclic) bond motifs is 4. The molecule has 2 heterocycles. The minimum absolute atomic E-state index is 0.0669. The van der Waals surface area contributed by atoms with E-state index in [1.54, 1.807) is 4.90 Å². The zero-order valence-corrected chi connectivity index (χ0v) is 15.7. The highest BCUT2D eigenvalue weighted by Gasteiger charge is 2.59. The highest BCUT2D eigenvalue weighted by Crippen LogP contribution is 2.41. The molecule has 146 valence electrons. The lowest BCUT2D eigenvalue weighted by atomic mass is 9.73. The Kier molecular flexibility index (Phi) is 4.45. The molecule has 0 radical (unpaired) electrons. The number of amides is 2. The number of rotatable bonds is 6. The number of nitrogens with zero attached hydrogens (tertiary/aromatic N) is 2. The Morgan fingerprint density at radius 3 is 2.17 bits per heavy atom. The van der Waals surface area contributed by atoms with E-state index in [1.807, 2.05) is 60.7 Å². The van der Waals surface area contributed by atoms with Crippen LogP contribution in [0.25, 0.3) is 0 Å².